The van der Waals surface area contributed by atoms with Crippen molar-refractivity contribution in [3.8, 4) is 0 Å². The van der Waals surface area contributed by atoms with Gasteiger partial charge in [0.1, 0.15) is 0 Å². The second-order valence-corrected chi connectivity index (χ2v) is 8.22. The van der Waals surface area contributed by atoms with Crippen molar-refractivity contribution < 1.29 is 0 Å². The summed E-state index contributed by atoms with van der Waals surface area (Å²) < 4.78 is 1.31. The molecule has 1 saturated heterocycles. The molecule has 1 fully saturated rings. The standard InChI is InChI=1S/C17H24BrN/c1-10(2)8-13-16-15-11(6-5-7-12(15)18)14(19-13)9-17(16,3)4/h5-7,10,13-14,16,19H,8-9H2,1-4H3/t13-,14-,16-/m0/s1. The number of hydrogen-bond acceptors (Lipinski definition) is 1. The van der Waals surface area contributed by atoms with Gasteiger partial charge in [0.2, 0.25) is 0 Å². The highest BCUT2D eigenvalue weighted by molar-refractivity contribution is 9.10. The first kappa shape index (κ1) is 13.6. The van der Waals surface area contributed by atoms with E-state index in [1.54, 1.807) is 5.56 Å². The van der Waals surface area contributed by atoms with Crippen LogP contribution in [0.4, 0.5) is 0 Å². The van der Waals surface area contributed by atoms with Crippen LogP contribution in [0.2, 0.25) is 0 Å². The molecular formula is C17H24BrN. The van der Waals surface area contributed by atoms with E-state index >= 15 is 0 Å². The Hall–Kier alpha value is -0.340. The van der Waals surface area contributed by atoms with Gasteiger partial charge in [-0.05, 0) is 41.4 Å². The first-order valence-electron chi connectivity index (χ1n) is 7.44. The molecule has 0 radical (unpaired) electrons. The van der Waals surface area contributed by atoms with Gasteiger partial charge in [-0.1, -0.05) is 55.8 Å². The molecule has 2 bridgehead atoms. The molecule has 3 aliphatic rings. The van der Waals surface area contributed by atoms with E-state index in [1.165, 1.54) is 22.9 Å². The fourth-order valence-electron chi connectivity index (χ4n) is 4.30. The van der Waals surface area contributed by atoms with Gasteiger partial charge < -0.3 is 5.32 Å². The maximum Gasteiger partial charge on any atom is 0.0331 e. The highest BCUT2D eigenvalue weighted by Gasteiger charge is 2.50. The maximum atomic E-state index is 3.90. The Morgan fingerprint density at radius 3 is 2.79 bits per heavy atom. The van der Waals surface area contributed by atoms with Crippen LogP contribution in [0.5, 0.6) is 0 Å². The number of halogens is 1. The van der Waals surface area contributed by atoms with Crippen molar-refractivity contribution >= 4 is 15.9 Å². The molecule has 0 unspecified atom stereocenters. The van der Waals surface area contributed by atoms with Crippen LogP contribution < -0.4 is 5.32 Å². The highest BCUT2D eigenvalue weighted by atomic mass is 79.9. The zero-order valence-electron chi connectivity index (χ0n) is 12.3. The summed E-state index contributed by atoms with van der Waals surface area (Å²) in [6, 6.07) is 7.86. The van der Waals surface area contributed by atoms with Crippen LogP contribution in [0.25, 0.3) is 0 Å². The molecule has 1 N–H and O–H groups in total. The predicted molar refractivity (Wildman–Crippen MR) is 84.4 cm³/mol. The van der Waals surface area contributed by atoms with E-state index in [0.717, 1.165) is 5.92 Å². The van der Waals surface area contributed by atoms with Crippen molar-refractivity contribution in [3.05, 3.63) is 33.8 Å². The second-order valence-electron chi connectivity index (χ2n) is 7.37. The molecule has 1 nitrogen and oxygen atoms in total. The fraction of sp³-hybridized carbons (Fsp3) is 0.647. The molecule has 0 saturated carbocycles. The van der Waals surface area contributed by atoms with E-state index in [9.17, 15) is 0 Å². The minimum absolute atomic E-state index is 0.395. The summed E-state index contributed by atoms with van der Waals surface area (Å²) in [6.45, 7) is 9.55. The Morgan fingerprint density at radius 1 is 1.37 bits per heavy atom. The number of fused-ring (bicyclic) bond motifs is 2. The smallest absolute Gasteiger partial charge is 0.0331 e. The van der Waals surface area contributed by atoms with Crippen LogP contribution in [0.15, 0.2) is 22.7 Å². The van der Waals surface area contributed by atoms with Gasteiger partial charge in [0.25, 0.3) is 0 Å². The first-order chi connectivity index (χ1) is 8.90. The lowest BCUT2D eigenvalue weighted by atomic mass is 9.58. The van der Waals surface area contributed by atoms with Gasteiger partial charge in [-0.2, -0.15) is 0 Å². The van der Waals surface area contributed by atoms with E-state index in [0.29, 0.717) is 23.4 Å². The Bertz CT molecular complexity index is 492. The Kier molecular flexibility index (Phi) is 3.30. The molecule has 2 aliphatic heterocycles. The molecular weight excluding hydrogens is 298 g/mol. The van der Waals surface area contributed by atoms with E-state index in [-0.39, 0.29) is 0 Å². The van der Waals surface area contributed by atoms with Crippen LogP contribution >= 0.6 is 15.9 Å². The van der Waals surface area contributed by atoms with Gasteiger partial charge in [-0.25, -0.2) is 0 Å². The van der Waals surface area contributed by atoms with E-state index in [1.807, 2.05) is 0 Å². The zero-order chi connectivity index (χ0) is 13.8. The molecule has 1 aromatic rings. The van der Waals surface area contributed by atoms with Gasteiger partial charge in [-0.15, -0.1) is 0 Å². The second kappa shape index (κ2) is 4.60. The van der Waals surface area contributed by atoms with Crippen molar-refractivity contribution in [1.29, 1.82) is 0 Å². The lowest BCUT2D eigenvalue weighted by Gasteiger charge is -2.55. The molecule has 4 rings (SSSR count). The van der Waals surface area contributed by atoms with Gasteiger partial charge >= 0.3 is 0 Å². The molecule has 0 aromatic heterocycles. The van der Waals surface area contributed by atoms with Gasteiger partial charge in [-0.3, -0.25) is 0 Å². The van der Waals surface area contributed by atoms with Crippen molar-refractivity contribution in [2.45, 2.75) is 58.5 Å². The summed E-state index contributed by atoms with van der Waals surface area (Å²) in [5.41, 5.74) is 3.50. The summed E-state index contributed by atoms with van der Waals surface area (Å²) in [7, 11) is 0. The number of rotatable bonds is 2. The quantitative estimate of drug-likeness (QED) is 0.806. The number of piperidine rings is 1. The van der Waals surface area contributed by atoms with E-state index in [4.69, 9.17) is 0 Å². The summed E-state index contributed by atoms with van der Waals surface area (Å²) in [4.78, 5) is 0. The molecule has 19 heavy (non-hydrogen) atoms. The topological polar surface area (TPSA) is 12.0 Å². The van der Waals surface area contributed by atoms with Crippen LogP contribution in [-0.2, 0) is 0 Å². The minimum Gasteiger partial charge on any atom is -0.306 e. The van der Waals surface area contributed by atoms with Crippen LogP contribution in [-0.4, -0.2) is 6.04 Å². The van der Waals surface area contributed by atoms with Crippen molar-refractivity contribution in [2.24, 2.45) is 11.3 Å². The molecule has 0 spiro atoms. The largest absolute Gasteiger partial charge is 0.306 e. The third kappa shape index (κ3) is 2.17. The number of hydrogen-bond donors (Lipinski definition) is 1. The van der Waals surface area contributed by atoms with Crippen molar-refractivity contribution in [2.75, 3.05) is 0 Å². The average Bonchev–Trinajstić information content (AvgIpc) is 2.27. The molecule has 2 heteroatoms. The fourth-order valence-corrected chi connectivity index (χ4v) is 4.93. The van der Waals surface area contributed by atoms with Gasteiger partial charge in [0, 0.05) is 22.5 Å². The zero-order valence-corrected chi connectivity index (χ0v) is 13.9. The summed E-state index contributed by atoms with van der Waals surface area (Å²) in [5, 5.41) is 3.90. The monoisotopic (exact) mass is 321 g/mol. The van der Waals surface area contributed by atoms with E-state index in [2.05, 4.69) is 67.1 Å². The Balaban J connectivity index is 2.09. The highest BCUT2D eigenvalue weighted by Crippen LogP contribution is 2.57. The Labute approximate surface area is 125 Å². The van der Waals surface area contributed by atoms with Crippen molar-refractivity contribution in [3.63, 3.8) is 0 Å². The van der Waals surface area contributed by atoms with Crippen LogP contribution in [0, 0.1) is 11.3 Å². The SMILES string of the molecule is CC(C)C[C@@H]1N[C@H]2CC(C)(C)[C@@H]1c1c(Br)cccc12. The van der Waals surface area contributed by atoms with Crippen LogP contribution in [0.1, 0.15) is 63.6 Å². The minimum atomic E-state index is 0.395. The molecule has 3 atom stereocenters. The van der Waals surface area contributed by atoms with Crippen LogP contribution in [0.3, 0.4) is 0 Å². The molecule has 0 amide bonds. The predicted octanol–water partition coefficient (Wildman–Crippen LogP) is 5.02. The Morgan fingerprint density at radius 2 is 2.11 bits per heavy atom. The number of benzene rings is 1. The molecule has 1 aliphatic carbocycles. The van der Waals surface area contributed by atoms with Gasteiger partial charge in [0.15, 0.2) is 0 Å². The molecule has 1 aromatic carbocycles. The van der Waals surface area contributed by atoms with Gasteiger partial charge in [0.05, 0.1) is 0 Å². The summed E-state index contributed by atoms with van der Waals surface area (Å²) in [5.74, 6) is 1.38. The lowest BCUT2D eigenvalue weighted by Crippen LogP contribution is -2.54. The molecule has 104 valence electrons. The maximum absolute atomic E-state index is 3.90. The molecule has 2 heterocycles. The van der Waals surface area contributed by atoms with E-state index < -0.39 is 0 Å². The average molecular weight is 322 g/mol. The first-order valence-corrected chi connectivity index (χ1v) is 8.24. The van der Waals surface area contributed by atoms with Crippen molar-refractivity contribution in [1.82, 2.24) is 5.32 Å². The summed E-state index contributed by atoms with van der Waals surface area (Å²) >= 11 is 3.80. The summed E-state index contributed by atoms with van der Waals surface area (Å²) in [6.07, 6.45) is 2.53. The lowest BCUT2D eigenvalue weighted by molar-refractivity contribution is 0.0929. The third-order valence-corrected chi connectivity index (χ3v) is 5.58. The number of nitrogens with one attached hydrogen (secondary N) is 1. The third-order valence-electron chi connectivity index (χ3n) is 4.89. The normalized spacial score (nSPS) is 31.6.